The first-order valence-electron chi connectivity index (χ1n) is 7.99. The fourth-order valence-electron chi connectivity index (χ4n) is 2.63. The summed E-state index contributed by atoms with van der Waals surface area (Å²) in [5.74, 6) is -3.46. The fourth-order valence-corrected chi connectivity index (χ4v) is 3.23. The quantitative estimate of drug-likeness (QED) is 0.607. The Morgan fingerprint density at radius 3 is 2.52 bits per heavy atom. The number of nitrogens with two attached hydrogens (primary N) is 1. The fraction of sp³-hybridized carbons (Fsp3) is 0.167. The van der Waals surface area contributed by atoms with E-state index in [0.29, 0.717) is 28.5 Å². The lowest BCUT2D eigenvalue weighted by Gasteiger charge is -2.10. The average molecular weight is 390 g/mol. The van der Waals surface area contributed by atoms with Crippen molar-refractivity contribution in [3.8, 4) is 0 Å². The summed E-state index contributed by atoms with van der Waals surface area (Å²) in [7, 11) is 0. The standard InChI is InChI=1S/C18H16F2N4O2S/c19-17(20)27-18-23-13-3-1-2-4-14(13)24(18)10-16(26)22-12-7-5-11(6-8-12)9-15(21)25/h1-8,17H,9-10H2,(H2,21,25)(H,22,26). The maximum atomic E-state index is 12.8. The lowest BCUT2D eigenvalue weighted by Crippen LogP contribution is -2.19. The number of anilines is 1. The number of rotatable bonds is 7. The molecule has 3 rings (SSSR count). The number of carbonyl (C=O) groups is 2. The Morgan fingerprint density at radius 2 is 1.85 bits per heavy atom. The van der Waals surface area contributed by atoms with Gasteiger partial charge in [-0.2, -0.15) is 8.78 Å². The zero-order valence-corrected chi connectivity index (χ0v) is 14.9. The normalized spacial score (nSPS) is 11.1. The van der Waals surface area contributed by atoms with Crippen molar-refractivity contribution < 1.29 is 18.4 Å². The van der Waals surface area contributed by atoms with Gasteiger partial charge in [-0.3, -0.25) is 9.59 Å². The van der Waals surface area contributed by atoms with E-state index in [1.807, 2.05) is 0 Å². The lowest BCUT2D eigenvalue weighted by atomic mass is 10.1. The number of primary amides is 1. The van der Waals surface area contributed by atoms with Crippen LogP contribution in [0, 0.1) is 0 Å². The largest absolute Gasteiger partial charge is 0.369 e. The van der Waals surface area contributed by atoms with Crippen LogP contribution >= 0.6 is 11.8 Å². The number of halogens is 2. The van der Waals surface area contributed by atoms with Gasteiger partial charge in [-0.1, -0.05) is 24.3 Å². The molecule has 0 radical (unpaired) electrons. The van der Waals surface area contributed by atoms with Crippen LogP contribution in [0.15, 0.2) is 53.7 Å². The highest BCUT2D eigenvalue weighted by Gasteiger charge is 2.17. The van der Waals surface area contributed by atoms with Crippen LogP contribution in [0.2, 0.25) is 0 Å². The second kappa shape index (κ2) is 8.17. The van der Waals surface area contributed by atoms with E-state index in [-0.39, 0.29) is 24.0 Å². The van der Waals surface area contributed by atoms with Crippen molar-refractivity contribution >= 4 is 40.3 Å². The van der Waals surface area contributed by atoms with Crippen LogP contribution in [-0.4, -0.2) is 27.1 Å². The molecule has 3 N–H and O–H groups in total. The van der Waals surface area contributed by atoms with Crippen LogP contribution < -0.4 is 11.1 Å². The van der Waals surface area contributed by atoms with Crippen molar-refractivity contribution in [3.05, 3.63) is 54.1 Å². The van der Waals surface area contributed by atoms with Gasteiger partial charge in [0.2, 0.25) is 11.8 Å². The van der Waals surface area contributed by atoms with Crippen molar-refractivity contribution in [2.75, 3.05) is 5.32 Å². The molecular formula is C18H16F2N4O2S. The number of hydrogen-bond acceptors (Lipinski definition) is 4. The number of para-hydroxylation sites is 2. The van der Waals surface area contributed by atoms with E-state index in [9.17, 15) is 18.4 Å². The second-order valence-electron chi connectivity index (χ2n) is 5.74. The molecule has 2 aromatic carbocycles. The average Bonchev–Trinajstić information content (AvgIpc) is 2.93. The predicted octanol–water partition coefficient (Wildman–Crippen LogP) is 3.02. The number of fused-ring (bicyclic) bond motifs is 1. The SMILES string of the molecule is NC(=O)Cc1ccc(NC(=O)Cn2c(SC(F)F)nc3ccccc32)cc1. The van der Waals surface area contributed by atoms with E-state index in [4.69, 9.17) is 5.73 Å². The topological polar surface area (TPSA) is 90.0 Å². The van der Waals surface area contributed by atoms with Crippen molar-refractivity contribution in [3.63, 3.8) is 0 Å². The lowest BCUT2D eigenvalue weighted by molar-refractivity contribution is -0.118. The number of nitrogens with one attached hydrogen (secondary N) is 1. The van der Waals surface area contributed by atoms with Crippen LogP contribution in [0.1, 0.15) is 5.56 Å². The Labute approximate surface area is 157 Å². The van der Waals surface area contributed by atoms with Crippen LogP contribution in [0.25, 0.3) is 11.0 Å². The van der Waals surface area contributed by atoms with Gasteiger partial charge >= 0.3 is 0 Å². The zero-order valence-electron chi connectivity index (χ0n) is 14.1. The van der Waals surface area contributed by atoms with Crippen molar-refractivity contribution in [1.82, 2.24) is 9.55 Å². The van der Waals surface area contributed by atoms with Crippen LogP contribution in [-0.2, 0) is 22.6 Å². The maximum absolute atomic E-state index is 12.8. The first-order valence-corrected chi connectivity index (χ1v) is 8.87. The highest BCUT2D eigenvalue weighted by atomic mass is 32.2. The Kier molecular flexibility index (Phi) is 5.70. The van der Waals surface area contributed by atoms with Crippen molar-refractivity contribution in [1.29, 1.82) is 0 Å². The minimum absolute atomic E-state index is 0.0816. The minimum atomic E-state index is -2.64. The molecule has 6 nitrogen and oxygen atoms in total. The number of benzene rings is 2. The first-order chi connectivity index (χ1) is 12.9. The minimum Gasteiger partial charge on any atom is -0.369 e. The van der Waals surface area contributed by atoms with Crippen molar-refractivity contribution in [2.24, 2.45) is 5.73 Å². The molecule has 0 spiro atoms. The molecule has 1 heterocycles. The molecule has 0 saturated carbocycles. The number of hydrogen-bond donors (Lipinski definition) is 2. The molecule has 1 aromatic heterocycles. The number of alkyl halides is 2. The molecule has 9 heteroatoms. The van der Waals surface area contributed by atoms with Gasteiger partial charge in [0.05, 0.1) is 17.5 Å². The van der Waals surface area contributed by atoms with E-state index < -0.39 is 11.7 Å². The van der Waals surface area contributed by atoms with Crippen LogP contribution in [0.5, 0.6) is 0 Å². The van der Waals surface area contributed by atoms with E-state index >= 15 is 0 Å². The highest BCUT2D eigenvalue weighted by molar-refractivity contribution is 7.99. The molecule has 27 heavy (non-hydrogen) atoms. The number of amides is 2. The van der Waals surface area contributed by atoms with E-state index in [1.165, 1.54) is 4.57 Å². The zero-order chi connectivity index (χ0) is 19.4. The van der Waals surface area contributed by atoms with Crippen LogP contribution in [0.3, 0.4) is 0 Å². The molecule has 0 unspecified atom stereocenters. The monoisotopic (exact) mass is 390 g/mol. The summed E-state index contributed by atoms with van der Waals surface area (Å²) in [5.41, 5.74) is 7.55. The Bertz CT molecular complexity index is 973. The summed E-state index contributed by atoms with van der Waals surface area (Å²) >= 11 is 0.301. The molecule has 0 saturated heterocycles. The Balaban J connectivity index is 1.76. The van der Waals surface area contributed by atoms with E-state index in [2.05, 4.69) is 10.3 Å². The summed E-state index contributed by atoms with van der Waals surface area (Å²) in [6, 6.07) is 13.6. The molecule has 3 aromatic rings. The van der Waals surface area contributed by atoms with Gasteiger partial charge in [-0.25, -0.2) is 4.98 Å². The number of nitrogens with zero attached hydrogens (tertiary/aromatic N) is 2. The molecule has 0 aliphatic rings. The maximum Gasteiger partial charge on any atom is 0.291 e. The van der Waals surface area contributed by atoms with Gasteiger partial charge in [-0.05, 0) is 41.6 Å². The molecule has 0 aliphatic heterocycles. The summed E-state index contributed by atoms with van der Waals surface area (Å²) in [6.07, 6.45) is 0.115. The molecule has 140 valence electrons. The predicted molar refractivity (Wildman–Crippen MR) is 99.6 cm³/mol. The van der Waals surface area contributed by atoms with Crippen molar-refractivity contribution in [2.45, 2.75) is 23.9 Å². The Morgan fingerprint density at radius 1 is 1.15 bits per heavy atom. The Hall–Kier alpha value is -2.94. The molecule has 0 atom stereocenters. The van der Waals surface area contributed by atoms with Gasteiger partial charge in [0.1, 0.15) is 6.54 Å². The number of thioether (sulfide) groups is 1. The molecule has 0 aliphatic carbocycles. The first kappa shape index (κ1) is 18.8. The summed E-state index contributed by atoms with van der Waals surface area (Å²) < 4.78 is 27.1. The third kappa shape index (κ3) is 4.82. The molecule has 0 bridgehead atoms. The smallest absolute Gasteiger partial charge is 0.291 e. The summed E-state index contributed by atoms with van der Waals surface area (Å²) in [5, 5.41) is 2.79. The highest BCUT2D eigenvalue weighted by Crippen LogP contribution is 2.28. The van der Waals surface area contributed by atoms with Gasteiger partial charge in [-0.15, -0.1) is 0 Å². The number of carbonyl (C=O) groups excluding carboxylic acids is 2. The number of aromatic nitrogens is 2. The molecular weight excluding hydrogens is 374 g/mol. The third-order valence-electron chi connectivity index (χ3n) is 3.73. The van der Waals surface area contributed by atoms with Gasteiger partial charge in [0.15, 0.2) is 5.16 Å². The molecule has 2 amide bonds. The van der Waals surface area contributed by atoms with E-state index in [0.717, 1.165) is 5.56 Å². The second-order valence-corrected chi connectivity index (χ2v) is 6.69. The summed E-state index contributed by atoms with van der Waals surface area (Å²) in [4.78, 5) is 27.5. The van der Waals surface area contributed by atoms with Crippen LogP contribution in [0.4, 0.5) is 14.5 Å². The number of imidazole rings is 1. The van der Waals surface area contributed by atoms with E-state index in [1.54, 1.807) is 48.5 Å². The van der Waals surface area contributed by atoms with Gasteiger partial charge in [0, 0.05) is 5.69 Å². The van der Waals surface area contributed by atoms with Gasteiger partial charge < -0.3 is 15.6 Å². The van der Waals surface area contributed by atoms with Gasteiger partial charge in [0.25, 0.3) is 5.76 Å². The summed E-state index contributed by atoms with van der Waals surface area (Å²) in [6.45, 7) is -0.154. The third-order valence-corrected chi connectivity index (χ3v) is 4.43. The molecule has 0 fully saturated rings.